The van der Waals surface area contributed by atoms with Gasteiger partial charge >= 0.3 is 0 Å². The summed E-state index contributed by atoms with van der Waals surface area (Å²) in [5.41, 5.74) is 2.56. The number of rotatable bonds is 3. The molecule has 0 atom stereocenters. The first-order valence-electron chi connectivity index (χ1n) is 5.45. The van der Waals surface area contributed by atoms with E-state index < -0.39 is 0 Å². The van der Waals surface area contributed by atoms with Crippen LogP contribution in [0.25, 0.3) is 0 Å². The Labute approximate surface area is 105 Å². The Balaban J connectivity index is 2.27. The van der Waals surface area contributed by atoms with E-state index in [-0.39, 0.29) is 11.4 Å². The molecule has 0 saturated heterocycles. The zero-order chi connectivity index (χ0) is 13.0. The van der Waals surface area contributed by atoms with Gasteiger partial charge in [0.2, 0.25) is 0 Å². The smallest absolute Gasteiger partial charge is 0.150 e. The van der Waals surface area contributed by atoms with Gasteiger partial charge in [-0.15, -0.1) is 5.11 Å². The van der Waals surface area contributed by atoms with Crippen molar-refractivity contribution in [3.63, 3.8) is 0 Å². The number of aryl methyl sites for hydroxylation is 1. The second-order valence-electron chi connectivity index (χ2n) is 3.90. The minimum atomic E-state index is -0.00328. The Morgan fingerprint density at radius 3 is 2.44 bits per heavy atom. The molecule has 0 amide bonds. The number of hydrogen-bond acceptors (Lipinski definition) is 4. The van der Waals surface area contributed by atoms with E-state index in [2.05, 4.69) is 10.2 Å². The summed E-state index contributed by atoms with van der Waals surface area (Å²) in [6.45, 7) is 1.99. The molecule has 2 aromatic carbocycles. The highest BCUT2D eigenvalue weighted by molar-refractivity contribution is 5.77. The van der Waals surface area contributed by atoms with E-state index in [9.17, 15) is 9.90 Å². The van der Waals surface area contributed by atoms with Crippen LogP contribution in [0.1, 0.15) is 15.9 Å². The Kier molecular flexibility index (Phi) is 3.48. The molecular formula is C14H12N2O2. The predicted octanol–water partition coefficient (Wildman–Crippen LogP) is 3.93. The van der Waals surface area contributed by atoms with Crippen molar-refractivity contribution < 1.29 is 9.90 Å². The molecule has 0 radical (unpaired) electrons. The fraction of sp³-hybridized carbons (Fsp3) is 0.0714. The number of nitrogens with zero attached hydrogens (tertiary/aromatic N) is 2. The zero-order valence-corrected chi connectivity index (χ0v) is 9.87. The van der Waals surface area contributed by atoms with Gasteiger partial charge in [-0.05, 0) is 37.3 Å². The van der Waals surface area contributed by atoms with Gasteiger partial charge in [0.25, 0.3) is 0 Å². The number of hydrogen-bond donors (Lipinski definition) is 1. The molecule has 18 heavy (non-hydrogen) atoms. The lowest BCUT2D eigenvalue weighted by molar-refractivity contribution is 0.112. The normalized spacial score (nSPS) is 10.7. The second kappa shape index (κ2) is 5.23. The summed E-state index contributed by atoms with van der Waals surface area (Å²) in [7, 11) is 0. The first kappa shape index (κ1) is 12.0. The Hall–Kier alpha value is -2.49. The molecule has 0 aliphatic heterocycles. The number of phenols is 1. The Morgan fingerprint density at radius 2 is 1.78 bits per heavy atom. The molecule has 0 unspecified atom stereocenters. The maximum Gasteiger partial charge on any atom is 0.150 e. The summed E-state index contributed by atoms with van der Waals surface area (Å²) in [6, 6.07) is 11.9. The highest BCUT2D eigenvalue weighted by atomic mass is 16.3. The molecule has 1 N–H and O–H groups in total. The topological polar surface area (TPSA) is 62.0 Å². The van der Waals surface area contributed by atoms with Gasteiger partial charge in [-0.25, -0.2) is 0 Å². The average molecular weight is 240 g/mol. The number of benzene rings is 2. The molecule has 90 valence electrons. The summed E-state index contributed by atoms with van der Waals surface area (Å²) in [6.07, 6.45) is 0.699. The van der Waals surface area contributed by atoms with Crippen LogP contribution >= 0.6 is 0 Å². The zero-order valence-electron chi connectivity index (χ0n) is 9.87. The van der Waals surface area contributed by atoms with Crippen molar-refractivity contribution in [2.75, 3.05) is 0 Å². The lowest BCUT2D eigenvalue weighted by atomic mass is 10.2. The van der Waals surface area contributed by atoms with Crippen molar-refractivity contribution in [2.24, 2.45) is 10.2 Å². The van der Waals surface area contributed by atoms with Gasteiger partial charge in [-0.3, -0.25) is 4.79 Å². The number of azo groups is 1. The van der Waals surface area contributed by atoms with Gasteiger partial charge in [0.05, 0.1) is 5.69 Å². The fourth-order valence-electron chi connectivity index (χ4n) is 1.42. The van der Waals surface area contributed by atoms with E-state index >= 15 is 0 Å². The van der Waals surface area contributed by atoms with Crippen molar-refractivity contribution in [3.05, 3.63) is 53.6 Å². The highest BCUT2D eigenvalue weighted by Crippen LogP contribution is 2.28. The number of aldehydes is 1. The largest absolute Gasteiger partial charge is 0.506 e. The van der Waals surface area contributed by atoms with E-state index in [0.29, 0.717) is 17.5 Å². The van der Waals surface area contributed by atoms with Gasteiger partial charge in [-0.2, -0.15) is 5.11 Å². The molecule has 0 bridgehead atoms. The Morgan fingerprint density at radius 1 is 1.06 bits per heavy atom. The molecule has 0 fully saturated rings. The predicted molar refractivity (Wildman–Crippen MR) is 68.8 cm³/mol. The number of carbonyl (C=O) groups is 1. The van der Waals surface area contributed by atoms with E-state index in [4.69, 9.17) is 0 Å². The lowest BCUT2D eigenvalue weighted by Gasteiger charge is -1.98. The van der Waals surface area contributed by atoms with E-state index in [0.717, 1.165) is 5.56 Å². The van der Waals surface area contributed by atoms with Gasteiger partial charge in [-0.1, -0.05) is 17.7 Å². The van der Waals surface area contributed by atoms with Gasteiger partial charge in [0.1, 0.15) is 17.7 Å². The first-order valence-corrected chi connectivity index (χ1v) is 5.45. The average Bonchev–Trinajstić information content (AvgIpc) is 2.40. The van der Waals surface area contributed by atoms with Crippen LogP contribution in [0.2, 0.25) is 0 Å². The van der Waals surface area contributed by atoms with Crippen molar-refractivity contribution in [1.29, 1.82) is 0 Å². The minimum Gasteiger partial charge on any atom is -0.506 e. The monoisotopic (exact) mass is 240 g/mol. The Bertz CT molecular complexity index is 589. The first-order chi connectivity index (χ1) is 8.69. The SMILES string of the molecule is Cc1ccc(N=Nc2cc(C=O)ccc2O)cc1. The van der Waals surface area contributed by atoms with Crippen LogP contribution in [-0.4, -0.2) is 11.4 Å². The molecule has 2 rings (SSSR count). The van der Waals surface area contributed by atoms with E-state index in [1.165, 1.54) is 18.2 Å². The fourth-order valence-corrected chi connectivity index (χ4v) is 1.42. The van der Waals surface area contributed by atoms with Crippen LogP contribution in [0.5, 0.6) is 5.75 Å². The van der Waals surface area contributed by atoms with E-state index in [1.54, 1.807) is 0 Å². The third-order valence-corrected chi connectivity index (χ3v) is 2.44. The van der Waals surface area contributed by atoms with Crippen LogP contribution < -0.4 is 0 Å². The number of phenolic OH excluding ortho intramolecular Hbond substituents is 1. The minimum absolute atomic E-state index is 0.00328. The highest BCUT2D eigenvalue weighted by Gasteiger charge is 2.01. The van der Waals surface area contributed by atoms with Gasteiger partial charge in [0, 0.05) is 5.56 Å². The lowest BCUT2D eigenvalue weighted by Crippen LogP contribution is -1.77. The molecule has 0 aromatic heterocycles. The molecule has 0 aliphatic rings. The molecule has 2 aromatic rings. The molecular weight excluding hydrogens is 228 g/mol. The van der Waals surface area contributed by atoms with Crippen LogP contribution in [0.15, 0.2) is 52.7 Å². The van der Waals surface area contributed by atoms with Crippen LogP contribution in [0.4, 0.5) is 11.4 Å². The van der Waals surface area contributed by atoms with Crippen LogP contribution in [-0.2, 0) is 0 Å². The van der Waals surface area contributed by atoms with Crippen LogP contribution in [0, 0.1) is 6.92 Å². The summed E-state index contributed by atoms with van der Waals surface area (Å²) < 4.78 is 0. The van der Waals surface area contributed by atoms with Crippen molar-refractivity contribution in [3.8, 4) is 5.75 Å². The number of carbonyl (C=O) groups excluding carboxylic acids is 1. The van der Waals surface area contributed by atoms with Gasteiger partial charge < -0.3 is 5.11 Å². The second-order valence-corrected chi connectivity index (χ2v) is 3.90. The third kappa shape index (κ3) is 2.79. The van der Waals surface area contributed by atoms with Crippen molar-refractivity contribution in [2.45, 2.75) is 6.92 Å². The van der Waals surface area contributed by atoms with Crippen LogP contribution in [0.3, 0.4) is 0 Å². The van der Waals surface area contributed by atoms with Crippen molar-refractivity contribution >= 4 is 17.7 Å². The summed E-state index contributed by atoms with van der Waals surface area (Å²) >= 11 is 0. The van der Waals surface area contributed by atoms with Crippen molar-refractivity contribution in [1.82, 2.24) is 0 Å². The molecule has 4 heteroatoms. The molecule has 0 spiro atoms. The molecule has 0 heterocycles. The van der Waals surface area contributed by atoms with E-state index in [1.807, 2.05) is 31.2 Å². The summed E-state index contributed by atoms with van der Waals surface area (Å²) in [5.74, 6) is -0.00328. The molecule has 0 aliphatic carbocycles. The molecule has 4 nitrogen and oxygen atoms in total. The quantitative estimate of drug-likeness (QED) is 0.652. The maximum absolute atomic E-state index is 10.6. The number of aromatic hydroxyl groups is 1. The molecule has 0 saturated carbocycles. The summed E-state index contributed by atoms with van der Waals surface area (Å²) in [4.78, 5) is 10.6. The maximum atomic E-state index is 10.6. The van der Waals surface area contributed by atoms with Gasteiger partial charge in [0.15, 0.2) is 0 Å². The standard InChI is InChI=1S/C14H12N2O2/c1-10-2-5-12(6-3-10)15-16-13-8-11(9-17)4-7-14(13)18/h2-9,18H,1H3. The third-order valence-electron chi connectivity index (χ3n) is 2.44. The summed E-state index contributed by atoms with van der Waals surface area (Å²) in [5, 5.41) is 17.5.